The van der Waals surface area contributed by atoms with Crippen molar-refractivity contribution in [3.63, 3.8) is 0 Å². The summed E-state index contributed by atoms with van der Waals surface area (Å²) in [6, 6.07) is 3.76. The molecule has 0 aliphatic heterocycles. The number of rotatable bonds is 5. The standard InChI is InChI=1S/C13H22BrNO2Si/c1-13(2,3)18(4,5)17-9-8-16-11-6-7-12(14)15-10-11/h6-7,10H,8-9H2,1-5H3. The molecule has 1 rings (SSSR count). The number of hydrogen-bond donors (Lipinski definition) is 0. The third-order valence-electron chi connectivity index (χ3n) is 3.32. The number of nitrogens with zero attached hydrogens (tertiary/aromatic N) is 1. The van der Waals surface area contributed by atoms with Gasteiger partial charge in [-0.1, -0.05) is 20.8 Å². The van der Waals surface area contributed by atoms with Gasteiger partial charge in [0.25, 0.3) is 0 Å². The maximum Gasteiger partial charge on any atom is 0.192 e. The van der Waals surface area contributed by atoms with Crippen molar-refractivity contribution < 1.29 is 9.16 Å². The first-order chi connectivity index (χ1) is 8.22. The molecule has 0 bridgehead atoms. The summed E-state index contributed by atoms with van der Waals surface area (Å²) < 4.78 is 12.4. The van der Waals surface area contributed by atoms with Crippen LogP contribution >= 0.6 is 15.9 Å². The van der Waals surface area contributed by atoms with Crippen LogP contribution in [0.4, 0.5) is 0 Å². The van der Waals surface area contributed by atoms with E-state index < -0.39 is 8.32 Å². The minimum atomic E-state index is -1.66. The van der Waals surface area contributed by atoms with E-state index in [0.717, 1.165) is 10.4 Å². The van der Waals surface area contributed by atoms with Crippen LogP contribution < -0.4 is 4.74 Å². The van der Waals surface area contributed by atoms with Crippen LogP contribution in [0.15, 0.2) is 22.9 Å². The normalized spacial score (nSPS) is 12.6. The van der Waals surface area contributed by atoms with Crippen LogP contribution in [-0.2, 0) is 4.43 Å². The smallest absolute Gasteiger partial charge is 0.192 e. The molecule has 0 amide bonds. The largest absolute Gasteiger partial charge is 0.490 e. The van der Waals surface area contributed by atoms with E-state index in [0.29, 0.717) is 13.2 Å². The molecular weight excluding hydrogens is 310 g/mol. The fourth-order valence-corrected chi connectivity index (χ4v) is 2.38. The number of aromatic nitrogens is 1. The minimum Gasteiger partial charge on any atom is -0.490 e. The average Bonchev–Trinajstić information content (AvgIpc) is 2.25. The molecule has 1 aromatic rings. The highest BCUT2D eigenvalue weighted by atomic mass is 79.9. The Morgan fingerprint density at radius 1 is 1.22 bits per heavy atom. The molecule has 0 aromatic carbocycles. The molecule has 0 aliphatic carbocycles. The quantitative estimate of drug-likeness (QED) is 0.459. The number of pyridine rings is 1. The lowest BCUT2D eigenvalue weighted by Gasteiger charge is -2.36. The molecule has 0 atom stereocenters. The third-order valence-corrected chi connectivity index (χ3v) is 8.33. The van der Waals surface area contributed by atoms with Crippen LogP contribution in [0.3, 0.4) is 0 Å². The van der Waals surface area contributed by atoms with Gasteiger partial charge in [0.15, 0.2) is 8.32 Å². The van der Waals surface area contributed by atoms with Crippen molar-refractivity contribution in [1.82, 2.24) is 4.98 Å². The molecule has 0 spiro atoms. The summed E-state index contributed by atoms with van der Waals surface area (Å²) in [5.74, 6) is 0.775. The van der Waals surface area contributed by atoms with Crippen LogP contribution in [0.1, 0.15) is 20.8 Å². The van der Waals surface area contributed by atoms with Crippen LogP contribution in [-0.4, -0.2) is 26.5 Å². The van der Waals surface area contributed by atoms with Crippen molar-refractivity contribution >= 4 is 24.2 Å². The Hall–Kier alpha value is -0.393. The summed E-state index contributed by atoms with van der Waals surface area (Å²) in [6.45, 7) is 12.4. The maximum absolute atomic E-state index is 6.02. The highest BCUT2D eigenvalue weighted by molar-refractivity contribution is 9.10. The lowest BCUT2D eigenvalue weighted by molar-refractivity contribution is 0.203. The van der Waals surface area contributed by atoms with Crippen molar-refractivity contribution in [2.24, 2.45) is 0 Å². The van der Waals surface area contributed by atoms with Crippen LogP contribution in [0.25, 0.3) is 0 Å². The monoisotopic (exact) mass is 331 g/mol. The van der Waals surface area contributed by atoms with E-state index in [4.69, 9.17) is 9.16 Å². The van der Waals surface area contributed by atoms with Gasteiger partial charge >= 0.3 is 0 Å². The van der Waals surface area contributed by atoms with Gasteiger partial charge in [0.2, 0.25) is 0 Å². The summed E-state index contributed by atoms with van der Waals surface area (Å²) >= 11 is 3.29. The molecule has 1 heterocycles. The third kappa shape index (κ3) is 4.70. The van der Waals surface area contributed by atoms with Crippen LogP contribution in [0, 0.1) is 0 Å². The van der Waals surface area contributed by atoms with Crippen LogP contribution in [0.2, 0.25) is 18.1 Å². The Morgan fingerprint density at radius 2 is 1.89 bits per heavy atom. The van der Waals surface area contributed by atoms with E-state index in [-0.39, 0.29) is 5.04 Å². The molecule has 18 heavy (non-hydrogen) atoms. The predicted octanol–water partition coefficient (Wildman–Crippen LogP) is 4.24. The second kappa shape index (κ2) is 6.17. The Kier molecular flexibility index (Phi) is 5.37. The minimum absolute atomic E-state index is 0.242. The molecule has 0 saturated heterocycles. The summed E-state index contributed by atoms with van der Waals surface area (Å²) in [5.41, 5.74) is 0. The van der Waals surface area contributed by atoms with Crippen molar-refractivity contribution in [2.45, 2.75) is 38.9 Å². The van der Waals surface area contributed by atoms with E-state index in [9.17, 15) is 0 Å². The Morgan fingerprint density at radius 3 is 2.39 bits per heavy atom. The van der Waals surface area contributed by atoms with Crippen molar-refractivity contribution in [3.05, 3.63) is 22.9 Å². The molecule has 1 aromatic heterocycles. The average molecular weight is 332 g/mol. The Labute approximate surface area is 119 Å². The summed E-state index contributed by atoms with van der Waals surface area (Å²) in [4.78, 5) is 4.11. The van der Waals surface area contributed by atoms with Gasteiger partial charge in [-0.3, -0.25) is 0 Å². The fourth-order valence-electron chi connectivity index (χ4n) is 1.12. The predicted molar refractivity (Wildman–Crippen MR) is 80.6 cm³/mol. The van der Waals surface area contributed by atoms with E-state index in [1.807, 2.05) is 12.1 Å². The van der Waals surface area contributed by atoms with E-state index in [2.05, 4.69) is 54.8 Å². The Balaban J connectivity index is 2.33. The van der Waals surface area contributed by atoms with Gasteiger partial charge in [0, 0.05) is 0 Å². The Bertz CT molecular complexity index is 374. The van der Waals surface area contributed by atoms with Gasteiger partial charge in [-0.05, 0) is 46.2 Å². The van der Waals surface area contributed by atoms with Gasteiger partial charge in [-0.25, -0.2) is 4.98 Å². The molecule has 0 unspecified atom stereocenters. The number of halogens is 1. The maximum atomic E-state index is 6.02. The fraction of sp³-hybridized carbons (Fsp3) is 0.615. The van der Waals surface area contributed by atoms with Crippen molar-refractivity contribution in [3.8, 4) is 5.75 Å². The molecule has 102 valence electrons. The van der Waals surface area contributed by atoms with Gasteiger partial charge in [0.05, 0.1) is 12.8 Å². The van der Waals surface area contributed by atoms with Gasteiger partial charge in [-0.2, -0.15) is 0 Å². The molecule has 3 nitrogen and oxygen atoms in total. The van der Waals surface area contributed by atoms with Gasteiger partial charge < -0.3 is 9.16 Å². The highest BCUT2D eigenvalue weighted by Gasteiger charge is 2.36. The second-order valence-electron chi connectivity index (χ2n) is 5.77. The summed E-state index contributed by atoms with van der Waals surface area (Å²) in [5, 5.41) is 0.242. The topological polar surface area (TPSA) is 31.4 Å². The van der Waals surface area contributed by atoms with Crippen LogP contribution in [0.5, 0.6) is 5.75 Å². The molecule has 0 saturated carbocycles. The summed E-state index contributed by atoms with van der Waals surface area (Å²) in [6.07, 6.45) is 1.70. The first-order valence-electron chi connectivity index (χ1n) is 6.11. The van der Waals surface area contributed by atoms with E-state index >= 15 is 0 Å². The zero-order valence-corrected chi connectivity index (χ0v) is 14.4. The molecule has 0 N–H and O–H groups in total. The van der Waals surface area contributed by atoms with Gasteiger partial charge in [-0.15, -0.1) is 0 Å². The molecule has 0 fully saturated rings. The van der Waals surface area contributed by atoms with Crippen molar-refractivity contribution in [1.29, 1.82) is 0 Å². The first kappa shape index (κ1) is 15.7. The zero-order chi connectivity index (χ0) is 13.8. The van der Waals surface area contributed by atoms with E-state index in [1.165, 1.54) is 0 Å². The van der Waals surface area contributed by atoms with E-state index in [1.54, 1.807) is 6.20 Å². The van der Waals surface area contributed by atoms with Crippen molar-refractivity contribution in [2.75, 3.05) is 13.2 Å². The van der Waals surface area contributed by atoms with Gasteiger partial charge in [0.1, 0.15) is 17.0 Å². The zero-order valence-electron chi connectivity index (χ0n) is 11.8. The summed E-state index contributed by atoms with van der Waals surface area (Å²) in [7, 11) is -1.66. The molecule has 0 aliphatic rings. The second-order valence-corrected chi connectivity index (χ2v) is 11.4. The highest BCUT2D eigenvalue weighted by Crippen LogP contribution is 2.36. The molecule has 5 heteroatoms. The lowest BCUT2D eigenvalue weighted by Crippen LogP contribution is -2.41. The lowest BCUT2D eigenvalue weighted by atomic mass is 10.2. The first-order valence-corrected chi connectivity index (χ1v) is 9.81. The SMILES string of the molecule is CC(C)(C)[Si](C)(C)OCCOc1ccc(Br)nc1. The number of ether oxygens (including phenoxy) is 1. The molecular formula is C13H22BrNO2Si. The molecule has 0 radical (unpaired) electrons. The number of hydrogen-bond acceptors (Lipinski definition) is 3.